The van der Waals surface area contributed by atoms with Gasteiger partial charge >= 0.3 is 6.09 Å². The second-order valence-corrected chi connectivity index (χ2v) is 6.80. The molecule has 7 heteroatoms. The minimum atomic E-state index is -1.01. The predicted octanol–water partition coefficient (Wildman–Crippen LogP) is 2.00. The van der Waals surface area contributed by atoms with E-state index >= 15 is 0 Å². The highest BCUT2D eigenvalue weighted by atomic mass is 19.1. The molecule has 2 aliphatic rings. The van der Waals surface area contributed by atoms with Gasteiger partial charge in [-0.05, 0) is 56.1 Å². The van der Waals surface area contributed by atoms with Gasteiger partial charge in [0.25, 0.3) is 0 Å². The predicted molar refractivity (Wildman–Crippen MR) is 90.8 cm³/mol. The third-order valence-corrected chi connectivity index (χ3v) is 5.22. The molecule has 0 radical (unpaired) electrons. The Morgan fingerprint density at radius 3 is 2.60 bits per heavy atom. The zero-order valence-electron chi connectivity index (χ0n) is 14.4. The molecule has 1 aromatic carbocycles. The molecule has 136 valence electrons. The van der Waals surface area contributed by atoms with Crippen molar-refractivity contribution in [3.05, 3.63) is 35.1 Å². The lowest BCUT2D eigenvalue weighted by molar-refractivity contribution is -0.139. The van der Waals surface area contributed by atoms with Gasteiger partial charge in [-0.25, -0.2) is 9.18 Å². The van der Waals surface area contributed by atoms with E-state index in [4.69, 9.17) is 0 Å². The van der Waals surface area contributed by atoms with E-state index in [-0.39, 0.29) is 24.2 Å². The van der Waals surface area contributed by atoms with Crippen molar-refractivity contribution in [1.82, 2.24) is 15.1 Å². The Hall–Kier alpha value is -2.15. The van der Waals surface area contributed by atoms with E-state index in [1.54, 1.807) is 17.9 Å². The van der Waals surface area contributed by atoms with Crippen LogP contribution in [0.3, 0.4) is 0 Å². The fourth-order valence-electron chi connectivity index (χ4n) is 3.82. The van der Waals surface area contributed by atoms with Crippen molar-refractivity contribution in [2.24, 2.45) is 5.92 Å². The van der Waals surface area contributed by atoms with Crippen LogP contribution in [0.5, 0.6) is 0 Å². The molecule has 2 saturated heterocycles. The molecule has 0 spiro atoms. The van der Waals surface area contributed by atoms with E-state index in [9.17, 15) is 19.1 Å². The van der Waals surface area contributed by atoms with Crippen molar-refractivity contribution in [1.29, 1.82) is 0 Å². The van der Waals surface area contributed by atoms with Gasteiger partial charge in [0.2, 0.25) is 5.91 Å². The minimum Gasteiger partial charge on any atom is -0.465 e. The zero-order valence-corrected chi connectivity index (χ0v) is 14.4. The second kappa shape index (κ2) is 7.39. The molecule has 1 aromatic rings. The Labute approximate surface area is 146 Å². The van der Waals surface area contributed by atoms with Crippen LogP contribution in [0, 0.1) is 18.7 Å². The SMILES string of the molecule is Cc1cc(F)ccc1C1CN(C(=O)C2CCNCC2)CCN1C(=O)O. The van der Waals surface area contributed by atoms with Gasteiger partial charge in [-0.2, -0.15) is 0 Å². The summed E-state index contributed by atoms with van der Waals surface area (Å²) in [4.78, 5) is 27.6. The topological polar surface area (TPSA) is 72.9 Å². The summed E-state index contributed by atoms with van der Waals surface area (Å²) in [5, 5.41) is 12.8. The van der Waals surface area contributed by atoms with Crippen LogP contribution in [0.2, 0.25) is 0 Å². The van der Waals surface area contributed by atoms with Gasteiger partial charge in [0.05, 0.1) is 6.04 Å². The molecule has 1 unspecified atom stereocenters. The summed E-state index contributed by atoms with van der Waals surface area (Å²) in [6.45, 7) is 4.45. The lowest BCUT2D eigenvalue weighted by atomic mass is 9.94. The number of aryl methyl sites for hydroxylation is 1. The molecule has 0 bridgehead atoms. The molecule has 6 nitrogen and oxygen atoms in total. The van der Waals surface area contributed by atoms with E-state index in [1.165, 1.54) is 17.0 Å². The maximum absolute atomic E-state index is 13.4. The Bertz CT molecular complexity index is 661. The van der Waals surface area contributed by atoms with Crippen LogP contribution in [0.4, 0.5) is 9.18 Å². The summed E-state index contributed by atoms with van der Waals surface area (Å²) in [7, 11) is 0. The van der Waals surface area contributed by atoms with Crippen LogP contribution in [0.15, 0.2) is 18.2 Å². The van der Waals surface area contributed by atoms with Crippen LogP contribution in [0.1, 0.15) is 30.0 Å². The Kier molecular flexibility index (Phi) is 5.22. The highest BCUT2D eigenvalue weighted by Crippen LogP contribution is 2.30. The monoisotopic (exact) mass is 349 g/mol. The normalized spacial score (nSPS) is 22.1. The third-order valence-electron chi connectivity index (χ3n) is 5.22. The molecule has 1 atom stereocenters. The second-order valence-electron chi connectivity index (χ2n) is 6.80. The Balaban J connectivity index is 1.82. The molecule has 3 rings (SSSR count). The molecular weight excluding hydrogens is 325 g/mol. The summed E-state index contributed by atoms with van der Waals surface area (Å²) in [5.74, 6) is -0.231. The van der Waals surface area contributed by atoms with E-state index in [2.05, 4.69) is 5.32 Å². The Morgan fingerprint density at radius 1 is 1.24 bits per heavy atom. The number of nitrogens with zero attached hydrogens (tertiary/aromatic N) is 2. The number of carbonyl (C=O) groups excluding carboxylic acids is 1. The number of carbonyl (C=O) groups is 2. The molecule has 2 aliphatic heterocycles. The van der Waals surface area contributed by atoms with Gasteiger partial charge < -0.3 is 15.3 Å². The number of piperazine rings is 1. The van der Waals surface area contributed by atoms with Gasteiger partial charge in [0.15, 0.2) is 0 Å². The number of amides is 2. The van der Waals surface area contributed by atoms with Crippen molar-refractivity contribution in [2.45, 2.75) is 25.8 Å². The fraction of sp³-hybridized carbons (Fsp3) is 0.556. The van der Waals surface area contributed by atoms with E-state index in [1.807, 2.05) is 0 Å². The zero-order chi connectivity index (χ0) is 18.0. The van der Waals surface area contributed by atoms with Crippen LogP contribution in [-0.4, -0.2) is 59.6 Å². The smallest absolute Gasteiger partial charge is 0.407 e. The van der Waals surface area contributed by atoms with Crippen LogP contribution >= 0.6 is 0 Å². The standard InChI is InChI=1S/C18H24FN3O3/c1-12-10-14(19)2-3-15(12)16-11-21(8-9-22(16)18(24)25)17(23)13-4-6-20-7-5-13/h2-3,10,13,16,20H,4-9,11H2,1H3,(H,24,25). The van der Waals surface area contributed by atoms with Crippen molar-refractivity contribution in [3.8, 4) is 0 Å². The lowest BCUT2D eigenvalue weighted by Gasteiger charge is -2.42. The fourth-order valence-corrected chi connectivity index (χ4v) is 3.82. The number of benzene rings is 1. The first-order valence-corrected chi connectivity index (χ1v) is 8.72. The van der Waals surface area contributed by atoms with Crippen molar-refractivity contribution in [2.75, 3.05) is 32.7 Å². The molecule has 25 heavy (non-hydrogen) atoms. The molecule has 2 N–H and O–H groups in total. The maximum atomic E-state index is 13.4. The van der Waals surface area contributed by atoms with E-state index in [0.29, 0.717) is 18.7 Å². The Morgan fingerprint density at radius 2 is 1.96 bits per heavy atom. The van der Waals surface area contributed by atoms with Crippen LogP contribution in [-0.2, 0) is 4.79 Å². The molecule has 2 amide bonds. The first kappa shape index (κ1) is 17.7. The van der Waals surface area contributed by atoms with Crippen molar-refractivity contribution in [3.63, 3.8) is 0 Å². The molecular formula is C18H24FN3O3. The highest BCUT2D eigenvalue weighted by molar-refractivity contribution is 5.79. The van der Waals surface area contributed by atoms with E-state index < -0.39 is 12.1 Å². The third kappa shape index (κ3) is 3.76. The average Bonchev–Trinajstić information content (AvgIpc) is 2.61. The molecule has 0 aromatic heterocycles. The quantitative estimate of drug-likeness (QED) is 0.857. The van der Waals surface area contributed by atoms with Crippen molar-refractivity contribution >= 4 is 12.0 Å². The summed E-state index contributed by atoms with van der Waals surface area (Å²) in [5.41, 5.74) is 1.46. The summed E-state index contributed by atoms with van der Waals surface area (Å²) < 4.78 is 13.4. The van der Waals surface area contributed by atoms with Gasteiger partial charge in [-0.15, -0.1) is 0 Å². The summed E-state index contributed by atoms with van der Waals surface area (Å²) >= 11 is 0. The van der Waals surface area contributed by atoms with Gasteiger partial charge in [0, 0.05) is 25.6 Å². The van der Waals surface area contributed by atoms with Crippen molar-refractivity contribution < 1.29 is 19.1 Å². The van der Waals surface area contributed by atoms with Gasteiger partial charge in [-0.3, -0.25) is 9.69 Å². The van der Waals surface area contributed by atoms with Gasteiger partial charge in [-0.1, -0.05) is 6.07 Å². The first-order valence-electron chi connectivity index (χ1n) is 8.72. The number of nitrogens with one attached hydrogen (secondary N) is 1. The maximum Gasteiger partial charge on any atom is 0.407 e. The molecule has 0 saturated carbocycles. The molecule has 2 heterocycles. The molecule has 0 aliphatic carbocycles. The number of hydrogen-bond acceptors (Lipinski definition) is 3. The molecule has 2 fully saturated rings. The average molecular weight is 349 g/mol. The summed E-state index contributed by atoms with van der Waals surface area (Å²) in [6.07, 6.45) is 0.624. The largest absolute Gasteiger partial charge is 0.465 e. The van der Waals surface area contributed by atoms with E-state index in [0.717, 1.165) is 31.5 Å². The number of carboxylic acid groups (broad SMARTS) is 1. The highest BCUT2D eigenvalue weighted by Gasteiger charge is 2.36. The number of hydrogen-bond donors (Lipinski definition) is 2. The lowest BCUT2D eigenvalue weighted by Crippen LogP contribution is -2.54. The van der Waals surface area contributed by atoms with Crippen LogP contribution in [0.25, 0.3) is 0 Å². The van der Waals surface area contributed by atoms with Crippen LogP contribution < -0.4 is 5.32 Å². The summed E-state index contributed by atoms with van der Waals surface area (Å²) in [6, 6.07) is 3.92. The first-order chi connectivity index (χ1) is 12.0. The number of piperidine rings is 1. The van der Waals surface area contributed by atoms with Gasteiger partial charge in [0.1, 0.15) is 5.82 Å². The number of rotatable bonds is 2. The minimum absolute atomic E-state index is 0.00703. The number of halogens is 1.